The van der Waals surface area contributed by atoms with Crippen molar-refractivity contribution < 1.29 is 9.53 Å². The van der Waals surface area contributed by atoms with E-state index < -0.39 is 0 Å². The third-order valence-electron chi connectivity index (χ3n) is 3.49. The molecule has 0 aromatic rings. The first kappa shape index (κ1) is 13.2. The lowest BCUT2D eigenvalue weighted by Gasteiger charge is -2.13. The van der Waals surface area contributed by atoms with Crippen molar-refractivity contribution in [3.05, 3.63) is 11.6 Å². The fourth-order valence-electron chi connectivity index (χ4n) is 2.14. The number of rotatable bonds is 4. The molecule has 3 heteroatoms. The normalized spacial score (nSPS) is 27.1. The van der Waals surface area contributed by atoms with Crippen LogP contribution in [0.1, 0.15) is 27.2 Å². The standard InChI is InChI=1S/C13H23NO2/c1-5-12(13(15)16-4)6-7-14-8-10(2)11(3)9-14/h6,10-11H,5,7-9H2,1-4H3. The molecule has 1 heterocycles. The summed E-state index contributed by atoms with van der Waals surface area (Å²) >= 11 is 0. The lowest BCUT2D eigenvalue weighted by Crippen LogP contribution is -2.21. The van der Waals surface area contributed by atoms with Crippen LogP contribution in [-0.2, 0) is 9.53 Å². The maximum absolute atomic E-state index is 11.4. The molecule has 1 aliphatic heterocycles. The van der Waals surface area contributed by atoms with Gasteiger partial charge in [0.1, 0.15) is 0 Å². The van der Waals surface area contributed by atoms with Crippen molar-refractivity contribution in [1.82, 2.24) is 4.90 Å². The topological polar surface area (TPSA) is 29.5 Å². The Morgan fingerprint density at radius 2 is 1.94 bits per heavy atom. The van der Waals surface area contributed by atoms with Crippen molar-refractivity contribution in [3.63, 3.8) is 0 Å². The summed E-state index contributed by atoms with van der Waals surface area (Å²) in [5.74, 6) is 1.33. The summed E-state index contributed by atoms with van der Waals surface area (Å²) in [7, 11) is 1.44. The molecule has 0 N–H and O–H groups in total. The van der Waals surface area contributed by atoms with E-state index in [1.165, 1.54) is 7.11 Å². The van der Waals surface area contributed by atoms with Crippen LogP contribution < -0.4 is 0 Å². The van der Waals surface area contributed by atoms with E-state index in [9.17, 15) is 4.79 Å². The first-order valence-corrected chi connectivity index (χ1v) is 6.08. The number of hydrogen-bond acceptors (Lipinski definition) is 3. The molecule has 0 radical (unpaired) electrons. The second-order valence-corrected chi connectivity index (χ2v) is 4.75. The van der Waals surface area contributed by atoms with Crippen LogP contribution in [0.4, 0.5) is 0 Å². The summed E-state index contributed by atoms with van der Waals surface area (Å²) in [5.41, 5.74) is 0.787. The smallest absolute Gasteiger partial charge is 0.333 e. The van der Waals surface area contributed by atoms with E-state index in [0.717, 1.165) is 43.5 Å². The second kappa shape index (κ2) is 6.04. The zero-order valence-electron chi connectivity index (χ0n) is 10.8. The minimum absolute atomic E-state index is 0.192. The minimum Gasteiger partial charge on any atom is -0.466 e. The second-order valence-electron chi connectivity index (χ2n) is 4.75. The van der Waals surface area contributed by atoms with E-state index >= 15 is 0 Å². The third-order valence-corrected chi connectivity index (χ3v) is 3.49. The van der Waals surface area contributed by atoms with E-state index in [1.807, 2.05) is 13.0 Å². The summed E-state index contributed by atoms with van der Waals surface area (Å²) in [4.78, 5) is 13.8. The summed E-state index contributed by atoms with van der Waals surface area (Å²) in [6, 6.07) is 0. The Bertz CT molecular complexity index is 263. The van der Waals surface area contributed by atoms with Gasteiger partial charge in [-0.25, -0.2) is 4.79 Å². The zero-order chi connectivity index (χ0) is 12.1. The van der Waals surface area contributed by atoms with Gasteiger partial charge in [0.2, 0.25) is 0 Å². The first-order valence-electron chi connectivity index (χ1n) is 6.08. The number of methoxy groups -OCH3 is 1. The van der Waals surface area contributed by atoms with Gasteiger partial charge in [0.15, 0.2) is 0 Å². The molecule has 1 fully saturated rings. The van der Waals surface area contributed by atoms with Gasteiger partial charge < -0.3 is 4.74 Å². The Morgan fingerprint density at radius 3 is 2.38 bits per heavy atom. The molecule has 1 aliphatic rings. The van der Waals surface area contributed by atoms with Crippen LogP contribution in [0.5, 0.6) is 0 Å². The van der Waals surface area contributed by atoms with Crippen LogP contribution in [0, 0.1) is 11.8 Å². The fourth-order valence-corrected chi connectivity index (χ4v) is 2.14. The largest absolute Gasteiger partial charge is 0.466 e. The van der Waals surface area contributed by atoms with Crippen LogP contribution in [0.25, 0.3) is 0 Å². The quantitative estimate of drug-likeness (QED) is 0.542. The predicted molar refractivity (Wildman–Crippen MR) is 65.2 cm³/mol. The highest BCUT2D eigenvalue weighted by molar-refractivity contribution is 5.88. The molecule has 3 nitrogen and oxygen atoms in total. The molecule has 2 unspecified atom stereocenters. The SMILES string of the molecule is CCC(=CCN1CC(C)C(C)C1)C(=O)OC. The molecule has 0 aromatic carbocycles. The molecule has 1 rings (SSSR count). The van der Waals surface area contributed by atoms with Crippen LogP contribution >= 0.6 is 0 Å². The van der Waals surface area contributed by atoms with Crippen molar-refractivity contribution in [3.8, 4) is 0 Å². The Hall–Kier alpha value is -0.830. The number of nitrogens with zero attached hydrogens (tertiary/aromatic N) is 1. The van der Waals surface area contributed by atoms with Gasteiger partial charge >= 0.3 is 5.97 Å². The lowest BCUT2D eigenvalue weighted by molar-refractivity contribution is -0.136. The molecule has 0 saturated carbocycles. The maximum atomic E-state index is 11.4. The van der Waals surface area contributed by atoms with Crippen molar-refractivity contribution in [2.24, 2.45) is 11.8 Å². The van der Waals surface area contributed by atoms with E-state index in [-0.39, 0.29) is 5.97 Å². The Morgan fingerprint density at radius 1 is 1.38 bits per heavy atom. The highest BCUT2D eigenvalue weighted by Crippen LogP contribution is 2.21. The van der Waals surface area contributed by atoms with Crippen molar-refractivity contribution in [2.75, 3.05) is 26.7 Å². The molecule has 92 valence electrons. The number of carbonyl (C=O) groups excluding carboxylic acids is 1. The van der Waals surface area contributed by atoms with Crippen molar-refractivity contribution >= 4 is 5.97 Å². The third kappa shape index (κ3) is 3.34. The first-order chi connectivity index (χ1) is 7.58. The minimum atomic E-state index is -0.192. The predicted octanol–water partition coefficient (Wildman–Crippen LogP) is 2.08. The average molecular weight is 225 g/mol. The van der Waals surface area contributed by atoms with Crippen LogP contribution in [0.2, 0.25) is 0 Å². The lowest BCUT2D eigenvalue weighted by atomic mass is 10.0. The van der Waals surface area contributed by atoms with E-state index in [0.29, 0.717) is 0 Å². The van der Waals surface area contributed by atoms with Gasteiger partial charge in [-0.2, -0.15) is 0 Å². The molecular formula is C13H23NO2. The summed E-state index contributed by atoms with van der Waals surface area (Å²) in [6.45, 7) is 9.70. The molecule has 0 amide bonds. The maximum Gasteiger partial charge on any atom is 0.333 e. The highest BCUT2D eigenvalue weighted by atomic mass is 16.5. The summed E-state index contributed by atoms with van der Waals surface area (Å²) in [5, 5.41) is 0. The summed E-state index contributed by atoms with van der Waals surface area (Å²) < 4.78 is 4.73. The molecule has 1 saturated heterocycles. The molecular weight excluding hydrogens is 202 g/mol. The van der Waals surface area contributed by atoms with E-state index in [2.05, 4.69) is 18.7 Å². The number of likely N-dealkylation sites (tertiary alicyclic amines) is 1. The van der Waals surface area contributed by atoms with Crippen LogP contribution in [-0.4, -0.2) is 37.6 Å². The van der Waals surface area contributed by atoms with Gasteiger partial charge in [0.05, 0.1) is 7.11 Å². The molecule has 0 aromatic heterocycles. The van der Waals surface area contributed by atoms with E-state index in [4.69, 9.17) is 4.74 Å². The molecule has 0 aliphatic carbocycles. The molecule has 2 atom stereocenters. The number of esters is 1. The Labute approximate surface area is 98.5 Å². The molecule has 0 spiro atoms. The number of hydrogen-bond donors (Lipinski definition) is 0. The van der Waals surface area contributed by atoms with E-state index in [1.54, 1.807) is 0 Å². The van der Waals surface area contributed by atoms with Gasteiger partial charge in [0, 0.05) is 25.2 Å². The molecule has 0 bridgehead atoms. The van der Waals surface area contributed by atoms with Gasteiger partial charge in [0.25, 0.3) is 0 Å². The van der Waals surface area contributed by atoms with Gasteiger partial charge in [-0.1, -0.05) is 26.8 Å². The Balaban J connectivity index is 2.48. The van der Waals surface area contributed by atoms with Gasteiger partial charge in [-0.3, -0.25) is 4.90 Å². The number of carbonyl (C=O) groups is 1. The average Bonchev–Trinajstić information content (AvgIpc) is 2.59. The number of ether oxygens (including phenoxy) is 1. The summed E-state index contributed by atoms with van der Waals surface area (Å²) in [6.07, 6.45) is 2.75. The Kier molecular flexibility index (Phi) is 5.00. The zero-order valence-corrected chi connectivity index (χ0v) is 10.8. The van der Waals surface area contributed by atoms with Crippen molar-refractivity contribution in [1.29, 1.82) is 0 Å². The van der Waals surface area contributed by atoms with Crippen LogP contribution in [0.15, 0.2) is 11.6 Å². The molecule has 16 heavy (non-hydrogen) atoms. The van der Waals surface area contributed by atoms with Gasteiger partial charge in [-0.05, 0) is 18.3 Å². The van der Waals surface area contributed by atoms with Gasteiger partial charge in [-0.15, -0.1) is 0 Å². The van der Waals surface area contributed by atoms with Crippen LogP contribution in [0.3, 0.4) is 0 Å². The monoisotopic (exact) mass is 225 g/mol. The fraction of sp³-hybridized carbons (Fsp3) is 0.769. The van der Waals surface area contributed by atoms with Crippen molar-refractivity contribution in [2.45, 2.75) is 27.2 Å². The highest BCUT2D eigenvalue weighted by Gasteiger charge is 2.25.